The van der Waals surface area contributed by atoms with E-state index in [2.05, 4.69) is 0 Å². The van der Waals surface area contributed by atoms with Crippen molar-refractivity contribution >= 4 is 5.97 Å². The molecule has 0 bridgehead atoms. The summed E-state index contributed by atoms with van der Waals surface area (Å²) in [5, 5.41) is 0. The second-order valence-electron chi connectivity index (χ2n) is 3.85. The van der Waals surface area contributed by atoms with Gasteiger partial charge in [-0.15, -0.1) is 0 Å². The maximum absolute atomic E-state index is 11.6. The number of fused-ring (bicyclic) bond motifs is 1. The minimum absolute atomic E-state index is 0.145. The van der Waals surface area contributed by atoms with Crippen LogP contribution in [0.1, 0.15) is 13.8 Å². The molecule has 0 aliphatic carbocycles. The highest BCUT2D eigenvalue weighted by molar-refractivity contribution is 5.76. The molecule has 0 saturated carbocycles. The summed E-state index contributed by atoms with van der Waals surface area (Å²) in [5.74, 6) is 0.861. The second-order valence-corrected chi connectivity index (χ2v) is 3.85. The molecular formula is C12H14O4. The highest BCUT2D eigenvalue weighted by Gasteiger charge is 2.28. The third-order valence-electron chi connectivity index (χ3n) is 2.12. The van der Waals surface area contributed by atoms with Gasteiger partial charge in [0.2, 0.25) is 6.10 Å². The number of carbonyl (C=O) groups excluding carboxylic acids is 1. The molecule has 1 atom stereocenters. The number of esters is 1. The van der Waals surface area contributed by atoms with Crippen LogP contribution in [0.5, 0.6) is 11.5 Å². The van der Waals surface area contributed by atoms with Crippen molar-refractivity contribution in [1.82, 2.24) is 0 Å². The van der Waals surface area contributed by atoms with Crippen molar-refractivity contribution in [3.63, 3.8) is 0 Å². The van der Waals surface area contributed by atoms with Crippen LogP contribution >= 0.6 is 0 Å². The molecule has 0 fully saturated rings. The molecule has 1 aliphatic heterocycles. The van der Waals surface area contributed by atoms with E-state index in [4.69, 9.17) is 14.2 Å². The minimum atomic E-state index is -0.669. The molecule has 86 valence electrons. The van der Waals surface area contributed by atoms with Crippen LogP contribution in [0.2, 0.25) is 0 Å². The summed E-state index contributed by atoms with van der Waals surface area (Å²) in [6.45, 7) is 3.80. The van der Waals surface area contributed by atoms with Crippen molar-refractivity contribution in [3.8, 4) is 11.5 Å². The van der Waals surface area contributed by atoms with Crippen molar-refractivity contribution in [2.45, 2.75) is 26.1 Å². The van der Waals surface area contributed by atoms with Crippen LogP contribution in [0, 0.1) is 0 Å². The van der Waals surface area contributed by atoms with Crippen LogP contribution in [0.15, 0.2) is 24.3 Å². The van der Waals surface area contributed by atoms with E-state index in [0.717, 1.165) is 0 Å². The molecule has 1 heterocycles. The van der Waals surface area contributed by atoms with Gasteiger partial charge in [0.15, 0.2) is 11.5 Å². The molecule has 1 aromatic rings. The summed E-state index contributed by atoms with van der Waals surface area (Å²) in [6.07, 6.45) is -0.814. The Balaban J connectivity index is 2.05. The standard InChI is InChI=1S/C12H14O4/c1-8(2)15-12(13)11-7-14-9-5-3-4-6-10(9)16-11/h3-6,8,11H,7H2,1-2H3/t11-/m1/s1. The number of ether oxygens (including phenoxy) is 3. The quantitative estimate of drug-likeness (QED) is 0.715. The lowest BCUT2D eigenvalue weighted by Crippen LogP contribution is -2.38. The van der Waals surface area contributed by atoms with Gasteiger partial charge >= 0.3 is 5.97 Å². The zero-order valence-corrected chi connectivity index (χ0v) is 9.30. The predicted molar refractivity (Wildman–Crippen MR) is 57.6 cm³/mol. The molecule has 0 radical (unpaired) electrons. The van der Waals surface area contributed by atoms with E-state index in [1.807, 2.05) is 12.1 Å². The average molecular weight is 222 g/mol. The first-order chi connectivity index (χ1) is 7.66. The highest BCUT2D eigenvalue weighted by atomic mass is 16.6. The molecule has 0 N–H and O–H groups in total. The molecule has 0 unspecified atom stereocenters. The van der Waals surface area contributed by atoms with Crippen LogP contribution in [-0.4, -0.2) is 24.8 Å². The van der Waals surface area contributed by atoms with Crippen LogP contribution in [0.4, 0.5) is 0 Å². The Morgan fingerprint density at radius 1 is 1.38 bits per heavy atom. The molecule has 0 saturated heterocycles. The normalized spacial score (nSPS) is 18.3. The predicted octanol–water partition coefficient (Wildman–Crippen LogP) is 1.78. The van der Waals surface area contributed by atoms with E-state index in [1.54, 1.807) is 26.0 Å². The molecule has 4 nitrogen and oxygen atoms in total. The maximum atomic E-state index is 11.6. The fourth-order valence-corrected chi connectivity index (χ4v) is 1.44. The smallest absolute Gasteiger partial charge is 0.351 e. The average Bonchev–Trinajstić information content (AvgIpc) is 2.27. The fourth-order valence-electron chi connectivity index (χ4n) is 1.44. The Morgan fingerprint density at radius 3 is 2.75 bits per heavy atom. The van der Waals surface area contributed by atoms with Gasteiger partial charge in [-0.2, -0.15) is 0 Å². The zero-order chi connectivity index (χ0) is 11.5. The number of hydrogen-bond acceptors (Lipinski definition) is 4. The van der Waals surface area contributed by atoms with Gasteiger partial charge in [0, 0.05) is 0 Å². The number of benzene rings is 1. The summed E-state index contributed by atoms with van der Waals surface area (Å²) < 4.78 is 16.0. The first-order valence-corrected chi connectivity index (χ1v) is 5.26. The van der Waals surface area contributed by atoms with E-state index in [-0.39, 0.29) is 18.7 Å². The third-order valence-corrected chi connectivity index (χ3v) is 2.12. The van der Waals surface area contributed by atoms with Gasteiger partial charge in [0.25, 0.3) is 0 Å². The maximum Gasteiger partial charge on any atom is 0.351 e. The zero-order valence-electron chi connectivity index (χ0n) is 9.30. The van der Waals surface area contributed by atoms with Crippen molar-refractivity contribution < 1.29 is 19.0 Å². The lowest BCUT2D eigenvalue weighted by molar-refractivity contribution is -0.158. The number of rotatable bonds is 2. The first kappa shape index (κ1) is 10.8. The Morgan fingerprint density at radius 2 is 2.06 bits per heavy atom. The lowest BCUT2D eigenvalue weighted by Gasteiger charge is -2.25. The van der Waals surface area contributed by atoms with Crippen molar-refractivity contribution in [2.24, 2.45) is 0 Å². The summed E-state index contributed by atoms with van der Waals surface area (Å²) in [5.41, 5.74) is 0. The Bertz CT molecular complexity index is 386. The highest BCUT2D eigenvalue weighted by Crippen LogP contribution is 2.31. The van der Waals surface area contributed by atoms with Gasteiger partial charge in [-0.1, -0.05) is 12.1 Å². The molecule has 1 aliphatic rings. The number of hydrogen-bond donors (Lipinski definition) is 0. The second kappa shape index (κ2) is 4.43. The van der Waals surface area contributed by atoms with Crippen LogP contribution in [0.3, 0.4) is 0 Å². The van der Waals surface area contributed by atoms with Crippen LogP contribution in [0.25, 0.3) is 0 Å². The Labute approximate surface area is 94.1 Å². The van der Waals surface area contributed by atoms with Gasteiger partial charge in [-0.3, -0.25) is 0 Å². The number of carbonyl (C=O) groups is 1. The minimum Gasteiger partial charge on any atom is -0.485 e. The molecular weight excluding hydrogens is 208 g/mol. The van der Waals surface area contributed by atoms with Gasteiger partial charge in [-0.05, 0) is 26.0 Å². The molecule has 0 amide bonds. The summed E-state index contributed by atoms with van der Waals surface area (Å²) >= 11 is 0. The topological polar surface area (TPSA) is 44.8 Å². The monoisotopic (exact) mass is 222 g/mol. The lowest BCUT2D eigenvalue weighted by atomic mass is 10.2. The number of para-hydroxylation sites is 2. The van der Waals surface area contributed by atoms with Gasteiger partial charge in [0.05, 0.1) is 6.10 Å². The van der Waals surface area contributed by atoms with Gasteiger partial charge < -0.3 is 14.2 Å². The van der Waals surface area contributed by atoms with Crippen LogP contribution < -0.4 is 9.47 Å². The van der Waals surface area contributed by atoms with Crippen molar-refractivity contribution in [1.29, 1.82) is 0 Å². The van der Waals surface area contributed by atoms with Gasteiger partial charge in [-0.25, -0.2) is 4.79 Å². The van der Waals surface area contributed by atoms with E-state index < -0.39 is 6.10 Å². The summed E-state index contributed by atoms with van der Waals surface area (Å²) in [6, 6.07) is 7.26. The van der Waals surface area contributed by atoms with E-state index >= 15 is 0 Å². The first-order valence-electron chi connectivity index (χ1n) is 5.26. The summed E-state index contributed by atoms with van der Waals surface area (Å²) in [7, 11) is 0. The molecule has 1 aromatic carbocycles. The molecule has 2 rings (SSSR count). The fraction of sp³-hybridized carbons (Fsp3) is 0.417. The van der Waals surface area contributed by atoms with E-state index in [0.29, 0.717) is 11.5 Å². The van der Waals surface area contributed by atoms with E-state index in [1.165, 1.54) is 0 Å². The molecule has 0 aromatic heterocycles. The third kappa shape index (κ3) is 2.27. The SMILES string of the molecule is CC(C)OC(=O)[C@H]1COc2ccccc2O1. The Kier molecular flexibility index (Phi) is 2.99. The van der Waals surface area contributed by atoms with Crippen LogP contribution in [-0.2, 0) is 9.53 Å². The van der Waals surface area contributed by atoms with E-state index in [9.17, 15) is 4.79 Å². The molecule has 4 heteroatoms. The van der Waals surface area contributed by atoms with Crippen molar-refractivity contribution in [3.05, 3.63) is 24.3 Å². The molecule has 16 heavy (non-hydrogen) atoms. The van der Waals surface area contributed by atoms with Crippen molar-refractivity contribution in [2.75, 3.05) is 6.61 Å². The molecule has 0 spiro atoms. The van der Waals surface area contributed by atoms with Gasteiger partial charge in [0.1, 0.15) is 6.61 Å². The largest absolute Gasteiger partial charge is 0.485 e. The Hall–Kier alpha value is -1.71. The summed E-state index contributed by atoms with van der Waals surface area (Å²) in [4.78, 5) is 11.6.